The zero-order valence-electron chi connectivity index (χ0n) is 4.38. The molecule has 1 aromatic rings. The summed E-state index contributed by atoms with van der Waals surface area (Å²) in [5.41, 5.74) is -0.398. The highest BCUT2D eigenvalue weighted by Gasteiger charge is 1.71. The molecule has 1 aromatic heterocycles. The lowest BCUT2D eigenvalue weighted by Gasteiger charge is -1.72. The van der Waals surface area contributed by atoms with Crippen LogP contribution >= 0.6 is 0 Å². The lowest BCUT2D eigenvalue weighted by molar-refractivity contribution is 0.943. The van der Waals surface area contributed by atoms with E-state index in [-0.39, 0.29) is 6.30 Å². The zero-order valence-corrected chi connectivity index (χ0v) is 3.38. The fraction of sp³-hybridized carbons (Fsp3) is 0. The van der Waals surface area contributed by atoms with Crippen LogP contribution in [0.4, 0.5) is 0 Å². The van der Waals surface area contributed by atoms with Crippen LogP contribution in [0.15, 0.2) is 17.3 Å². The molecule has 0 saturated carbocycles. The number of aromatic nitrogens is 3. The van der Waals surface area contributed by atoms with Crippen molar-refractivity contribution < 1.29 is 1.37 Å². The zero-order chi connectivity index (χ0) is 5.98. The van der Waals surface area contributed by atoms with Gasteiger partial charge in [0, 0.05) is 0 Å². The highest BCUT2D eigenvalue weighted by atomic mass is 16.1. The van der Waals surface area contributed by atoms with Crippen molar-refractivity contribution in [1.29, 1.82) is 0 Å². The standard InChI is InChI=1S/C3H3N3O/c7-3-1-5-6-2-4-3/h1-2H,(H,4,6,7)/i2D. The molecule has 0 spiro atoms. The van der Waals surface area contributed by atoms with Crippen LogP contribution in [-0.2, 0) is 0 Å². The predicted molar refractivity (Wildman–Crippen MR) is 22.7 cm³/mol. The number of nitrogens with one attached hydrogen (secondary N) is 1. The van der Waals surface area contributed by atoms with E-state index >= 15 is 0 Å². The maximum Gasteiger partial charge on any atom is 0.269 e. The van der Waals surface area contributed by atoms with Gasteiger partial charge in [-0.15, -0.1) is 5.10 Å². The number of nitrogens with zero attached hydrogens (tertiary/aromatic N) is 2. The minimum absolute atomic E-state index is 0.211. The molecule has 0 saturated heterocycles. The van der Waals surface area contributed by atoms with Gasteiger partial charge in [0.05, 0.1) is 0 Å². The van der Waals surface area contributed by atoms with Crippen molar-refractivity contribution in [2.75, 3.05) is 0 Å². The van der Waals surface area contributed by atoms with Crippen LogP contribution in [0.5, 0.6) is 0 Å². The molecule has 1 N–H and O–H groups in total. The van der Waals surface area contributed by atoms with Crippen molar-refractivity contribution in [2.45, 2.75) is 0 Å². The molecule has 0 aromatic carbocycles. The second kappa shape index (κ2) is 1.51. The molecule has 0 aliphatic carbocycles. The van der Waals surface area contributed by atoms with Gasteiger partial charge in [-0.3, -0.25) is 4.79 Å². The first-order valence-corrected chi connectivity index (χ1v) is 1.67. The predicted octanol–water partition coefficient (Wildman–Crippen LogP) is -0.835. The Morgan fingerprint density at radius 3 is 3.14 bits per heavy atom. The third kappa shape index (κ3) is 0.819. The van der Waals surface area contributed by atoms with Gasteiger partial charge in [-0.25, -0.2) is 0 Å². The number of aromatic amines is 1. The summed E-state index contributed by atoms with van der Waals surface area (Å²) in [6, 6.07) is 0. The molecule has 0 aliphatic rings. The summed E-state index contributed by atoms with van der Waals surface area (Å²) in [4.78, 5) is 12.3. The van der Waals surface area contributed by atoms with Crippen LogP contribution in [0.2, 0.25) is 0 Å². The van der Waals surface area contributed by atoms with Crippen molar-refractivity contribution >= 4 is 0 Å². The van der Waals surface area contributed by atoms with E-state index in [4.69, 9.17) is 1.37 Å². The van der Waals surface area contributed by atoms with E-state index in [9.17, 15) is 4.79 Å². The molecule has 1 rings (SSSR count). The lowest BCUT2D eigenvalue weighted by atomic mass is 10.9. The summed E-state index contributed by atoms with van der Waals surface area (Å²) in [5.74, 6) is 0. The number of rotatable bonds is 0. The molecule has 0 fully saturated rings. The summed E-state index contributed by atoms with van der Waals surface area (Å²) in [7, 11) is 0. The molecule has 0 unspecified atom stereocenters. The van der Waals surface area contributed by atoms with Gasteiger partial charge in [-0.05, 0) is 0 Å². The van der Waals surface area contributed by atoms with Crippen molar-refractivity contribution in [1.82, 2.24) is 15.2 Å². The van der Waals surface area contributed by atoms with Crippen LogP contribution in [0.25, 0.3) is 0 Å². The quantitative estimate of drug-likeness (QED) is 0.460. The van der Waals surface area contributed by atoms with Crippen LogP contribution in [-0.4, -0.2) is 15.2 Å². The van der Waals surface area contributed by atoms with Crippen molar-refractivity contribution in [3.8, 4) is 0 Å². The minimum Gasteiger partial charge on any atom is -0.310 e. The molecule has 4 nitrogen and oxygen atoms in total. The normalized spacial score (nSPS) is 10.6. The summed E-state index contributed by atoms with van der Waals surface area (Å²) < 4.78 is 6.71. The maximum absolute atomic E-state index is 10.2. The largest absolute Gasteiger partial charge is 0.310 e. The average molecular weight is 98.1 g/mol. The smallest absolute Gasteiger partial charge is 0.269 e. The second-order valence-electron chi connectivity index (χ2n) is 0.946. The van der Waals surface area contributed by atoms with Crippen LogP contribution in [0, 0.1) is 0 Å². The summed E-state index contributed by atoms with van der Waals surface area (Å²) in [6.45, 7) is 0. The Morgan fingerprint density at radius 2 is 2.71 bits per heavy atom. The summed E-state index contributed by atoms with van der Waals surface area (Å²) in [5, 5.41) is 6.40. The Bertz CT molecular complexity index is 232. The Morgan fingerprint density at radius 1 is 1.86 bits per heavy atom. The number of hydrogen-bond donors (Lipinski definition) is 1. The van der Waals surface area contributed by atoms with Gasteiger partial charge in [0.15, 0.2) is 0 Å². The van der Waals surface area contributed by atoms with Gasteiger partial charge in [-0.2, -0.15) is 5.10 Å². The van der Waals surface area contributed by atoms with E-state index in [0.717, 1.165) is 6.20 Å². The van der Waals surface area contributed by atoms with Crippen molar-refractivity contribution in [2.24, 2.45) is 0 Å². The molecule has 4 heteroatoms. The molecule has 0 amide bonds. The van der Waals surface area contributed by atoms with Crippen LogP contribution in [0.1, 0.15) is 1.37 Å². The Labute approximate surface area is 40.6 Å². The van der Waals surface area contributed by atoms with Crippen LogP contribution < -0.4 is 5.56 Å². The minimum atomic E-state index is -0.398. The van der Waals surface area contributed by atoms with E-state index in [0.29, 0.717) is 0 Å². The van der Waals surface area contributed by atoms with E-state index in [1.807, 2.05) is 0 Å². The molecular formula is C3H3N3O. The van der Waals surface area contributed by atoms with Gasteiger partial charge in [0.1, 0.15) is 13.9 Å². The molecule has 0 bridgehead atoms. The van der Waals surface area contributed by atoms with Gasteiger partial charge >= 0.3 is 0 Å². The molecular weight excluding hydrogens is 94.1 g/mol. The van der Waals surface area contributed by atoms with Gasteiger partial charge in [-0.1, -0.05) is 0 Å². The second-order valence-corrected chi connectivity index (χ2v) is 0.946. The molecule has 1 heterocycles. The SMILES string of the molecule is [2H]c1nncc(=O)[nH]1. The van der Waals surface area contributed by atoms with Crippen molar-refractivity contribution in [3.63, 3.8) is 0 Å². The molecule has 7 heavy (non-hydrogen) atoms. The van der Waals surface area contributed by atoms with Crippen LogP contribution in [0.3, 0.4) is 0 Å². The van der Waals surface area contributed by atoms with E-state index in [1.165, 1.54) is 0 Å². The van der Waals surface area contributed by atoms with Gasteiger partial charge in [0.2, 0.25) is 0 Å². The molecule has 0 radical (unpaired) electrons. The lowest BCUT2D eigenvalue weighted by Crippen LogP contribution is -2.03. The third-order valence-corrected chi connectivity index (χ3v) is 0.462. The molecule has 0 atom stereocenters. The Hall–Kier alpha value is -1.19. The first-order chi connectivity index (χ1) is 3.79. The fourth-order valence-electron chi connectivity index (χ4n) is 0.223. The fourth-order valence-corrected chi connectivity index (χ4v) is 0.223. The van der Waals surface area contributed by atoms with E-state index in [1.54, 1.807) is 0 Å². The molecule has 0 aliphatic heterocycles. The first-order valence-electron chi connectivity index (χ1n) is 2.17. The maximum atomic E-state index is 10.2. The summed E-state index contributed by atoms with van der Waals surface area (Å²) >= 11 is 0. The Balaban J connectivity index is 3.28. The first kappa shape index (κ1) is 2.90. The average Bonchev–Trinajstić information content (AvgIpc) is 1.64. The number of hydrogen-bond acceptors (Lipinski definition) is 3. The molecule has 36 valence electrons. The van der Waals surface area contributed by atoms with Gasteiger partial charge in [0.25, 0.3) is 5.56 Å². The van der Waals surface area contributed by atoms with Crippen molar-refractivity contribution in [3.05, 3.63) is 22.9 Å². The van der Waals surface area contributed by atoms with E-state index < -0.39 is 5.56 Å². The monoisotopic (exact) mass is 98.0 g/mol. The highest BCUT2D eigenvalue weighted by molar-refractivity contribution is 4.63. The Kier molecular flexibility index (Phi) is 0.623. The topological polar surface area (TPSA) is 58.6 Å². The van der Waals surface area contributed by atoms with Gasteiger partial charge < -0.3 is 4.98 Å². The van der Waals surface area contributed by atoms with E-state index in [2.05, 4.69) is 15.2 Å². The summed E-state index contributed by atoms with van der Waals surface area (Å²) in [6.07, 6.45) is 0.801. The third-order valence-electron chi connectivity index (χ3n) is 0.462. The number of H-pyrrole nitrogens is 1. The highest BCUT2D eigenvalue weighted by Crippen LogP contribution is 1.48.